The second-order valence-corrected chi connectivity index (χ2v) is 4.80. The molecule has 2 N–H and O–H groups in total. The Kier molecular flexibility index (Phi) is 4.69. The Hall–Kier alpha value is -1.94. The molecule has 0 radical (unpaired) electrons. The Morgan fingerprint density at radius 3 is 2.55 bits per heavy atom. The van der Waals surface area contributed by atoms with Gasteiger partial charge in [0.15, 0.2) is 0 Å². The Morgan fingerprint density at radius 1 is 1.10 bits per heavy atom. The minimum atomic E-state index is -0.300. The van der Waals surface area contributed by atoms with Crippen molar-refractivity contribution in [3.8, 4) is 0 Å². The molecule has 0 heterocycles. The minimum absolute atomic E-state index is 0.252. The van der Waals surface area contributed by atoms with Crippen LogP contribution in [0.1, 0.15) is 11.1 Å². The number of nitrogens with two attached hydrogens (primary N) is 1. The van der Waals surface area contributed by atoms with Crippen LogP contribution in [0.15, 0.2) is 42.5 Å². The molecule has 0 aliphatic rings. The maximum atomic E-state index is 13.6. The van der Waals surface area contributed by atoms with Crippen molar-refractivity contribution in [1.29, 1.82) is 0 Å². The van der Waals surface area contributed by atoms with E-state index in [0.717, 1.165) is 11.3 Å². The molecule has 0 aromatic heterocycles. The molecule has 4 heteroatoms. The van der Waals surface area contributed by atoms with Gasteiger partial charge < -0.3 is 10.6 Å². The van der Waals surface area contributed by atoms with E-state index < -0.39 is 0 Å². The average molecular weight is 276 g/mol. The Morgan fingerprint density at radius 2 is 1.85 bits per heavy atom. The summed E-state index contributed by atoms with van der Waals surface area (Å²) in [6.07, 6.45) is 0.623. The van der Waals surface area contributed by atoms with Gasteiger partial charge in [-0.1, -0.05) is 18.2 Å². The summed E-state index contributed by atoms with van der Waals surface area (Å²) in [4.78, 5) is 1.82. The van der Waals surface area contributed by atoms with Gasteiger partial charge in [-0.3, -0.25) is 0 Å². The highest BCUT2D eigenvalue weighted by Gasteiger charge is 2.08. The molecule has 0 amide bonds. The van der Waals surface area contributed by atoms with Gasteiger partial charge in [0.25, 0.3) is 0 Å². The quantitative estimate of drug-likeness (QED) is 0.909. The lowest BCUT2D eigenvalue weighted by Gasteiger charge is -2.20. The Labute approximate surface area is 117 Å². The van der Waals surface area contributed by atoms with E-state index in [-0.39, 0.29) is 11.6 Å². The number of hydrogen-bond acceptors (Lipinski definition) is 2. The van der Waals surface area contributed by atoms with Gasteiger partial charge in [-0.15, -0.1) is 0 Å². The van der Waals surface area contributed by atoms with Crippen molar-refractivity contribution in [2.45, 2.75) is 13.0 Å². The highest BCUT2D eigenvalue weighted by atomic mass is 19.1. The molecule has 0 unspecified atom stereocenters. The smallest absolute Gasteiger partial charge is 0.128 e. The monoisotopic (exact) mass is 276 g/mol. The van der Waals surface area contributed by atoms with Crippen LogP contribution in [0.5, 0.6) is 0 Å². The van der Waals surface area contributed by atoms with Crippen LogP contribution in [0.3, 0.4) is 0 Å². The highest BCUT2D eigenvalue weighted by molar-refractivity contribution is 5.49. The van der Waals surface area contributed by atoms with Crippen LogP contribution in [-0.2, 0) is 13.0 Å². The highest BCUT2D eigenvalue weighted by Crippen LogP contribution is 2.20. The van der Waals surface area contributed by atoms with Crippen LogP contribution in [0.2, 0.25) is 0 Å². The molecule has 0 aliphatic carbocycles. The van der Waals surface area contributed by atoms with E-state index >= 15 is 0 Å². The second-order valence-electron chi connectivity index (χ2n) is 4.80. The zero-order chi connectivity index (χ0) is 14.5. The molecular formula is C16H18F2N2. The summed E-state index contributed by atoms with van der Waals surface area (Å²) in [7, 11) is 1.81. The SMILES string of the molecule is CN(Cc1ccccc1F)c1cc(F)cc(CCN)c1. The van der Waals surface area contributed by atoms with Gasteiger partial charge in [0.2, 0.25) is 0 Å². The molecule has 0 bridgehead atoms. The summed E-state index contributed by atoms with van der Waals surface area (Å²) >= 11 is 0. The van der Waals surface area contributed by atoms with Crippen LogP contribution >= 0.6 is 0 Å². The van der Waals surface area contributed by atoms with Crippen molar-refractivity contribution in [3.05, 3.63) is 65.2 Å². The third-order valence-corrected chi connectivity index (χ3v) is 3.18. The lowest BCUT2D eigenvalue weighted by Crippen LogP contribution is -2.18. The van der Waals surface area contributed by atoms with E-state index in [2.05, 4.69) is 0 Å². The number of rotatable bonds is 5. The predicted octanol–water partition coefficient (Wildman–Crippen LogP) is 3.10. The van der Waals surface area contributed by atoms with Crippen molar-refractivity contribution < 1.29 is 8.78 Å². The zero-order valence-electron chi connectivity index (χ0n) is 11.4. The fourth-order valence-electron chi connectivity index (χ4n) is 2.14. The Balaban J connectivity index is 2.20. The third-order valence-electron chi connectivity index (χ3n) is 3.18. The first kappa shape index (κ1) is 14.5. The number of nitrogens with zero attached hydrogens (tertiary/aromatic N) is 1. The summed E-state index contributed by atoms with van der Waals surface area (Å²) in [5.41, 5.74) is 7.65. The molecule has 2 aromatic carbocycles. The van der Waals surface area contributed by atoms with Gasteiger partial charge in [0, 0.05) is 24.8 Å². The molecular weight excluding hydrogens is 258 g/mol. The average Bonchev–Trinajstić information content (AvgIpc) is 2.41. The molecule has 0 atom stereocenters. The van der Waals surface area contributed by atoms with Gasteiger partial charge in [0.05, 0.1) is 0 Å². The largest absolute Gasteiger partial charge is 0.370 e. The van der Waals surface area contributed by atoms with Gasteiger partial charge in [-0.25, -0.2) is 8.78 Å². The fraction of sp³-hybridized carbons (Fsp3) is 0.250. The van der Waals surface area contributed by atoms with Gasteiger partial charge >= 0.3 is 0 Å². The number of hydrogen-bond donors (Lipinski definition) is 1. The molecule has 0 saturated carbocycles. The van der Waals surface area contributed by atoms with Crippen molar-refractivity contribution in [3.63, 3.8) is 0 Å². The van der Waals surface area contributed by atoms with Gasteiger partial charge in [-0.05, 0) is 42.8 Å². The molecule has 2 aromatic rings. The Bertz CT molecular complexity index is 584. The molecule has 2 rings (SSSR count). The first-order valence-corrected chi connectivity index (χ1v) is 6.54. The lowest BCUT2D eigenvalue weighted by molar-refractivity contribution is 0.607. The van der Waals surface area contributed by atoms with Crippen molar-refractivity contribution in [2.24, 2.45) is 5.73 Å². The zero-order valence-corrected chi connectivity index (χ0v) is 11.4. The van der Waals surface area contributed by atoms with E-state index in [0.29, 0.717) is 25.1 Å². The third kappa shape index (κ3) is 3.54. The molecule has 0 aliphatic heterocycles. The van der Waals surface area contributed by atoms with Crippen LogP contribution in [0.4, 0.5) is 14.5 Å². The molecule has 20 heavy (non-hydrogen) atoms. The van der Waals surface area contributed by atoms with Gasteiger partial charge in [-0.2, -0.15) is 0 Å². The van der Waals surface area contributed by atoms with E-state index in [4.69, 9.17) is 5.73 Å². The van der Waals surface area contributed by atoms with E-state index in [9.17, 15) is 8.78 Å². The number of benzene rings is 2. The van der Waals surface area contributed by atoms with E-state index in [1.807, 2.05) is 18.0 Å². The summed E-state index contributed by atoms with van der Waals surface area (Å²) in [5, 5.41) is 0. The van der Waals surface area contributed by atoms with Crippen LogP contribution in [-0.4, -0.2) is 13.6 Å². The summed E-state index contributed by atoms with van der Waals surface area (Å²) in [6.45, 7) is 0.859. The van der Waals surface area contributed by atoms with Crippen LogP contribution < -0.4 is 10.6 Å². The summed E-state index contributed by atoms with van der Waals surface area (Å²) < 4.78 is 27.2. The van der Waals surface area contributed by atoms with Gasteiger partial charge in [0.1, 0.15) is 11.6 Å². The number of halogens is 2. The first-order chi connectivity index (χ1) is 9.60. The van der Waals surface area contributed by atoms with Crippen LogP contribution in [0, 0.1) is 11.6 Å². The van der Waals surface area contributed by atoms with Crippen molar-refractivity contribution in [2.75, 3.05) is 18.5 Å². The molecule has 0 spiro atoms. The van der Waals surface area contributed by atoms with Crippen molar-refractivity contribution in [1.82, 2.24) is 0 Å². The van der Waals surface area contributed by atoms with Crippen LogP contribution in [0.25, 0.3) is 0 Å². The summed E-state index contributed by atoms with van der Waals surface area (Å²) in [6, 6.07) is 11.4. The standard InChI is InChI=1S/C16H18F2N2/c1-20(11-13-4-2-3-5-16(13)18)15-9-12(6-7-19)8-14(17)10-15/h2-5,8-10H,6-7,11,19H2,1H3. The molecule has 106 valence electrons. The van der Waals surface area contributed by atoms with Crippen molar-refractivity contribution >= 4 is 5.69 Å². The minimum Gasteiger partial charge on any atom is -0.370 e. The molecule has 0 fully saturated rings. The van der Waals surface area contributed by atoms with E-state index in [1.54, 1.807) is 18.2 Å². The fourth-order valence-corrected chi connectivity index (χ4v) is 2.14. The summed E-state index contributed by atoms with van der Waals surface area (Å²) in [5.74, 6) is -0.552. The second kappa shape index (κ2) is 6.48. The maximum absolute atomic E-state index is 13.6. The maximum Gasteiger partial charge on any atom is 0.128 e. The van der Waals surface area contributed by atoms with E-state index in [1.165, 1.54) is 18.2 Å². The molecule has 2 nitrogen and oxygen atoms in total. The lowest BCUT2D eigenvalue weighted by atomic mass is 10.1. The topological polar surface area (TPSA) is 29.3 Å². The molecule has 0 saturated heterocycles. The number of anilines is 1. The predicted molar refractivity (Wildman–Crippen MR) is 77.7 cm³/mol. The normalized spacial score (nSPS) is 10.6. The first-order valence-electron chi connectivity index (χ1n) is 6.54.